The van der Waals surface area contributed by atoms with E-state index in [1.54, 1.807) is 30.3 Å². The number of hydrogen-bond acceptors (Lipinski definition) is 4. The van der Waals surface area contributed by atoms with Crippen molar-refractivity contribution in [2.75, 3.05) is 0 Å². The van der Waals surface area contributed by atoms with Crippen LogP contribution in [0.5, 0.6) is 0 Å². The van der Waals surface area contributed by atoms with Crippen LogP contribution in [0.15, 0.2) is 89.8 Å². The van der Waals surface area contributed by atoms with Crippen molar-refractivity contribution in [2.45, 2.75) is 49.6 Å². The van der Waals surface area contributed by atoms with Crippen LogP contribution in [0, 0.1) is 11.7 Å². The minimum atomic E-state index is -3.72. The van der Waals surface area contributed by atoms with E-state index in [1.807, 2.05) is 49.4 Å². The van der Waals surface area contributed by atoms with Gasteiger partial charge in [-0.15, -0.1) is 0 Å². The normalized spacial score (nSPS) is 18.7. The van der Waals surface area contributed by atoms with Crippen molar-refractivity contribution in [3.8, 4) is 11.3 Å². The zero-order valence-electron chi connectivity index (χ0n) is 21.1. The van der Waals surface area contributed by atoms with Crippen molar-refractivity contribution < 1.29 is 17.6 Å². The molecular formula is C30H30FN3O3S. The van der Waals surface area contributed by atoms with Gasteiger partial charge in [0, 0.05) is 22.9 Å². The van der Waals surface area contributed by atoms with E-state index in [2.05, 4.69) is 15.0 Å². The van der Waals surface area contributed by atoms with E-state index in [0.717, 1.165) is 27.7 Å². The fourth-order valence-corrected chi connectivity index (χ4v) is 6.31. The zero-order valence-corrected chi connectivity index (χ0v) is 21.9. The van der Waals surface area contributed by atoms with Gasteiger partial charge in [-0.25, -0.2) is 22.5 Å². The second-order valence-corrected chi connectivity index (χ2v) is 11.6. The van der Waals surface area contributed by atoms with E-state index in [-0.39, 0.29) is 34.6 Å². The fraction of sp³-hybridized carbons (Fsp3) is 0.267. The summed E-state index contributed by atoms with van der Waals surface area (Å²) in [5, 5.41) is 3.75. The summed E-state index contributed by atoms with van der Waals surface area (Å²) in [6, 6.07) is 24.2. The van der Waals surface area contributed by atoms with Crippen LogP contribution >= 0.6 is 0 Å². The highest BCUT2D eigenvalue weighted by molar-refractivity contribution is 7.89. The molecule has 1 aliphatic rings. The fourth-order valence-electron chi connectivity index (χ4n) is 4.97. The van der Waals surface area contributed by atoms with Gasteiger partial charge in [0.05, 0.1) is 22.1 Å². The summed E-state index contributed by atoms with van der Waals surface area (Å²) in [5.41, 5.74) is 3.40. The molecule has 2 N–H and O–H groups in total. The first-order chi connectivity index (χ1) is 18.3. The number of nitrogens with zero attached hydrogens (tertiary/aromatic N) is 1. The summed E-state index contributed by atoms with van der Waals surface area (Å²) < 4.78 is 42.3. The van der Waals surface area contributed by atoms with Crippen molar-refractivity contribution in [3.63, 3.8) is 0 Å². The van der Waals surface area contributed by atoms with Crippen LogP contribution < -0.4 is 10.0 Å². The van der Waals surface area contributed by atoms with Gasteiger partial charge in [0.1, 0.15) is 5.82 Å². The van der Waals surface area contributed by atoms with Gasteiger partial charge in [0.25, 0.3) is 0 Å². The Kier molecular flexibility index (Phi) is 7.53. The van der Waals surface area contributed by atoms with Crippen molar-refractivity contribution in [3.05, 3.63) is 96.3 Å². The predicted molar refractivity (Wildman–Crippen MR) is 146 cm³/mol. The number of aromatic nitrogens is 1. The van der Waals surface area contributed by atoms with Crippen LogP contribution in [0.2, 0.25) is 0 Å². The van der Waals surface area contributed by atoms with Gasteiger partial charge in [-0.05, 0) is 74.6 Å². The van der Waals surface area contributed by atoms with Crippen LogP contribution in [-0.2, 0) is 14.8 Å². The Hall–Kier alpha value is -3.62. The van der Waals surface area contributed by atoms with Gasteiger partial charge in [0.2, 0.25) is 15.9 Å². The highest BCUT2D eigenvalue weighted by Crippen LogP contribution is 2.28. The first-order valence-electron chi connectivity index (χ1n) is 12.8. The maximum absolute atomic E-state index is 13.2. The van der Waals surface area contributed by atoms with Gasteiger partial charge < -0.3 is 5.32 Å². The molecule has 196 valence electrons. The molecule has 0 bridgehead atoms. The largest absolute Gasteiger partial charge is 0.349 e. The van der Waals surface area contributed by atoms with Crippen LogP contribution in [0.1, 0.15) is 44.2 Å². The van der Waals surface area contributed by atoms with E-state index in [0.29, 0.717) is 25.7 Å². The highest BCUT2D eigenvalue weighted by Gasteiger charge is 2.30. The highest BCUT2D eigenvalue weighted by atomic mass is 32.2. The number of halogens is 1. The molecule has 1 aliphatic carbocycles. The van der Waals surface area contributed by atoms with Crippen molar-refractivity contribution in [1.29, 1.82) is 0 Å². The second kappa shape index (κ2) is 11.0. The number of benzene rings is 3. The molecule has 4 aromatic rings. The van der Waals surface area contributed by atoms with Gasteiger partial charge in [-0.2, -0.15) is 0 Å². The minimum Gasteiger partial charge on any atom is -0.349 e. The van der Waals surface area contributed by atoms with Gasteiger partial charge in [-0.1, -0.05) is 48.5 Å². The lowest BCUT2D eigenvalue weighted by atomic mass is 9.85. The first-order valence-corrected chi connectivity index (χ1v) is 14.3. The average Bonchev–Trinajstić information content (AvgIpc) is 2.93. The predicted octanol–water partition coefficient (Wildman–Crippen LogP) is 5.76. The molecule has 6 nitrogen and oxygen atoms in total. The SMILES string of the molecule is C[C@@H](NC(=O)[C@H]1CC[C@H](NS(=O)(=O)c2ccc3nc(-c4ccccc4)ccc3c2)CC1)c1ccc(F)cc1. The first kappa shape index (κ1) is 26.0. The van der Waals surface area contributed by atoms with Crippen LogP contribution in [0.3, 0.4) is 0 Å². The van der Waals surface area contributed by atoms with E-state index >= 15 is 0 Å². The molecule has 1 fully saturated rings. The number of nitrogens with one attached hydrogen (secondary N) is 2. The third-order valence-corrected chi connectivity index (χ3v) is 8.71. The monoisotopic (exact) mass is 531 g/mol. The quantitative estimate of drug-likeness (QED) is 0.318. The Labute approximate surface area is 222 Å². The van der Waals surface area contributed by atoms with E-state index in [1.165, 1.54) is 12.1 Å². The Morgan fingerprint density at radius 3 is 2.34 bits per heavy atom. The molecule has 1 aromatic heterocycles. The molecule has 1 heterocycles. The Morgan fingerprint density at radius 1 is 0.921 bits per heavy atom. The van der Waals surface area contributed by atoms with Gasteiger partial charge in [0.15, 0.2) is 0 Å². The molecule has 0 aliphatic heterocycles. The van der Waals surface area contributed by atoms with E-state index in [9.17, 15) is 17.6 Å². The maximum atomic E-state index is 13.2. The molecule has 0 spiro atoms. The Balaban J connectivity index is 1.19. The molecule has 38 heavy (non-hydrogen) atoms. The Morgan fingerprint density at radius 2 is 1.63 bits per heavy atom. The van der Waals surface area contributed by atoms with Crippen LogP contribution in [0.25, 0.3) is 22.2 Å². The molecule has 1 saturated carbocycles. The number of rotatable bonds is 7. The summed E-state index contributed by atoms with van der Waals surface area (Å²) in [6.45, 7) is 1.87. The van der Waals surface area contributed by atoms with E-state index < -0.39 is 10.0 Å². The number of carbonyl (C=O) groups excluding carboxylic acids is 1. The number of carbonyl (C=O) groups is 1. The molecule has 3 aromatic carbocycles. The zero-order chi connectivity index (χ0) is 26.7. The summed E-state index contributed by atoms with van der Waals surface area (Å²) in [5.74, 6) is -0.546. The molecule has 0 unspecified atom stereocenters. The third kappa shape index (κ3) is 5.92. The topological polar surface area (TPSA) is 88.2 Å². The van der Waals surface area contributed by atoms with Gasteiger partial charge in [-0.3, -0.25) is 4.79 Å². The number of hydrogen-bond donors (Lipinski definition) is 2. The molecule has 0 radical (unpaired) electrons. The number of fused-ring (bicyclic) bond motifs is 1. The van der Waals surface area contributed by atoms with Crippen molar-refractivity contribution >= 4 is 26.8 Å². The number of pyridine rings is 1. The van der Waals surface area contributed by atoms with Crippen molar-refractivity contribution in [2.24, 2.45) is 5.92 Å². The third-order valence-electron chi connectivity index (χ3n) is 7.19. The molecule has 1 atom stereocenters. The summed E-state index contributed by atoms with van der Waals surface area (Å²) >= 11 is 0. The van der Waals surface area contributed by atoms with Crippen LogP contribution in [0.4, 0.5) is 4.39 Å². The number of amides is 1. The minimum absolute atomic E-state index is 0.0555. The van der Waals surface area contributed by atoms with Crippen LogP contribution in [-0.4, -0.2) is 25.4 Å². The van der Waals surface area contributed by atoms with Gasteiger partial charge >= 0.3 is 0 Å². The Bertz CT molecular complexity index is 1530. The summed E-state index contributed by atoms with van der Waals surface area (Å²) in [7, 11) is -3.72. The number of sulfonamides is 1. The lowest BCUT2D eigenvalue weighted by Gasteiger charge is -2.29. The molecule has 5 rings (SSSR count). The van der Waals surface area contributed by atoms with E-state index in [4.69, 9.17) is 0 Å². The smallest absolute Gasteiger partial charge is 0.240 e. The lowest BCUT2D eigenvalue weighted by molar-refractivity contribution is -0.126. The maximum Gasteiger partial charge on any atom is 0.240 e. The average molecular weight is 532 g/mol. The molecule has 8 heteroatoms. The molecule has 0 saturated heterocycles. The summed E-state index contributed by atoms with van der Waals surface area (Å²) in [4.78, 5) is 17.7. The molecular weight excluding hydrogens is 501 g/mol. The van der Waals surface area contributed by atoms with Crippen molar-refractivity contribution in [1.82, 2.24) is 15.0 Å². The second-order valence-electron chi connectivity index (χ2n) is 9.87. The molecule has 1 amide bonds. The standard InChI is InChI=1S/C30H30FN3O3S/c1-20(21-7-12-25(31)13-8-21)32-30(35)23-9-14-26(15-10-23)34-38(36,37)27-16-18-29-24(19-27)11-17-28(33-29)22-5-3-2-4-6-22/h2-8,11-13,16-20,23,26,34H,9-10,14-15H2,1H3,(H,32,35)/t20-,23-,26-/m1/s1. The summed E-state index contributed by atoms with van der Waals surface area (Å²) in [6.07, 6.45) is 2.35. The lowest BCUT2D eigenvalue weighted by Crippen LogP contribution is -2.41.